The van der Waals surface area contributed by atoms with Gasteiger partial charge in [-0.3, -0.25) is 4.79 Å². The standard InChI is InChI=1S/C3H7NO2S.Mg.2H/c4-2(1-7)3(5)6;;;/h2,7H,1,4H2,(H,5,6);;;/t2-;;;/m0.../s1. The van der Waals surface area contributed by atoms with Crippen LogP contribution in [-0.2, 0) is 4.79 Å². The zero-order valence-electron chi connectivity index (χ0n) is 3.66. The smallest absolute Gasteiger partial charge is 0.321 e. The van der Waals surface area contributed by atoms with Crippen LogP contribution in [0.25, 0.3) is 0 Å². The number of aliphatic carboxylic acids is 1. The van der Waals surface area contributed by atoms with Crippen molar-refractivity contribution in [1.29, 1.82) is 0 Å². The summed E-state index contributed by atoms with van der Waals surface area (Å²) in [5.41, 5.74) is 4.94. The fraction of sp³-hybridized carbons (Fsp3) is 0.667. The minimum Gasteiger partial charge on any atom is -0.480 e. The van der Waals surface area contributed by atoms with Gasteiger partial charge < -0.3 is 10.8 Å². The van der Waals surface area contributed by atoms with Crippen LogP contribution in [-0.4, -0.2) is 45.9 Å². The van der Waals surface area contributed by atoms with Gasteiger partial charge >= 0.3 is 29.0 Å². The van der Waals surface area contributed by atoms with E-state index >= 15 is 0 Å². The third kappa shape index (κ3) is 4.70. The molecule has 0 unspecified atom stereocenters. The van der Waals surface area contributed by atoms with E-state index in [1.807, 2.05) is 0 Å². The van der Waals surface area contributed by atoms with Crippen molar-refractivity contribution in [3.05, 3.63) is 0 Å². The summed E-state index contributed by atoms with van der Waals surface area (Å²) in [5.74, 6) is -0.815. The Kier molecular flexibility index (Phi) is 8.06. The van der Waals surface area contributed by atoms with Gasteiger partial charge in [0, 0.05) is 5.75 Å². The molecule has 3 N–H and O–H groups in total. The molecule has 1 atom stereocenters. The molecule has 0 amide bonds. The van der Waals surface area contributed by atoms with Crippen LogP contribution in [0.1, 0.15) is 0 Å². The molecule has 0 aliphatic heterocycles. The Hall–Kier alpha value is 0.546. The van der Waals surface area contributed by atoms with E-state index in [0.29, 0.717) is 0 Å². The van der Waals surface area contributed by atoms with Gasteiger partial charge in [0.1, 0.15) is 6.04 Å². The predicted octanol–water partition coefficient (Wildman–Crippen LogP) is -1.59. The number of nitrogens with two attached hydrogens (primary N) is 1. The molecule has 0 heterocycles. The van der Waals surface area contributed by atoms with Crippen molar-refractivity contribution in [2.45, 2.75) is 6.04 Å². The highest BCUT2D eigenvalue weighted by molar-refractivity contribution is 7.80. The number of carbonyl (C=O) groups is 1. The lowest BCUT2D eigenvalue weighted by Gasteiger charge is -1.96. The minimum absolute atomic E-state index is 0. The first kappa shape index (κ1) is 11.4. The Morgan fingerprint density at radius 3 is 2.25 bits per heavy atom. The Labute approximate surface area is 69.2 Å². The molecule has 0 aromatic heterocycles. The topological polar surface area (TPSA) is 63.3 Å². The molecule has 0 radical (unpaired) electrons. The Morgan fingerprint density at radius 2 is 2.25 bits per heavy atom. The molecule has 0 rings (SSSR count). The molecule has 46 valence electrons. The Morgan fingerprint density at radius 1 is 1.88 bits per heavy atom. The van der Waals surface area contributed by atoms with Crippen LogP contribution in [0.5, 0.6) is 0 Å². The molecular weight excluding hydrogens is 138 g/mol. The van der Waals surface area contributed by atoms with E-state index in [-0.39, 0.29) is 28.8 Å². The second-order valence-corrected chi connectivity index (χ2v) is 1.49. The third-order valence-electron chi connectivity index (χ3n) is 0.514. The largest absolute Gasteiger partial charge is 0.480 e. The fourth-order valence-electron chi connectivity index (χ4n) is 0.0781. The molecule has 0 saturated carbocycles. The maximum absolute atomic E-state index is 9.76. The number of thiol groups is 1. The molecule has 0 spiro atoms. The molecule has 0 fully saturated rings. The lowest BCUT2D eigenvalue weighted by atomic mass is 10.4. The molecule has 8 heavy (non-hydrogen) atoms. The summed E-state index contributed by atoms with van der Waals surface area (Å²) in [6.45, 7) is 0. The summed E-state index contributed by atoms with van der Waals surface area (Å²) in [5, 5.41) is 8.01. The first-order valence-corrected chi connectivity index (χ1v) is 2.41. The predicted molar refractivity (Wildman–Crippen MR) is 38.0 cm³/mol. The number of carboxylic acid groups (broad SMARTS) is 1. The van der Waals surface area contributed by atoms with Crippen LogP contribution in [0.3, 0.4) is 0 Å². The summed E-state index contributed by atoms with van der Waals surface area (Å²) >= 11 is 3.65. The van der Waals surface area contributed by atoms with Gasteiger partial charge in [0.05, 0.1) is 0 Å². The molecule has 0 aliphatic rings. The van der Waals surface area contributed by atoms with Crippen LogP contribution in [0.15, 0.2) is 0 Å². The summed E-state index contributed by atoms with van der Waals surface area (Å²) in [6, 6.07) is -0.816. The number of hydrogen-bond acceptors (Lipinski definition) is 3. The van der Waals surface area contributed by atoms with Crippen LogP contribution in [0, 0.1) is 0 Å². The molecule has 0 aromatic carbocycles. The Bertz CT molecular complexity index is 79.7. The van der Waals surface area contributed by atoms with Gasteiger partial charge in [-0.25, -0.2) is 0 Å². The monoisotopic (exact) mass is 147 g/mol. The molecule has 0 saturated heterocycles. The lowest BCUT2D eigenvalue weighted by molar-refractivity contribution is -0.137. The highest BCUT2D eigenvalue weighted by atomic mass is 32.1. The van der Waals surface area contributed by atoms with Crippen molar-refractivity contribution < 1.29 is 9.90 Å². The SMILES string of the molecule is N[C@@H](CS)C(=O)O.[MgH2]. The first-order valence-electron chi connectivity index (χ1n) is 1.77. The van der Waals surface area contributed by atoms with Crippen LogP contribution in [0.2, 0.25) is 0 Å². The van der Waals surface area contributed by atoms with E-state index in [0.717, 1.165) is 0 Å². The number of rotatable bonds is 2. The zero-order chi connectivity index (χ0) is 5.86. The van der Waals surface area contributed by atoms with E-state index in [2.05, 4.69) is 12.6 Å². The van der Waals surface area contributed by atoms with Gasteiger partial charge in [-0.2, -0.15) is 12.6 Å². The summed E-state index contributed by atoms with van der Waals surface area (Å²) in [7, 11) is 0. The maximum atomic E-state index is 9.76. The van der Waals surface area contributed by atoms with E-state index in [1.54, 1.807) is 0 Å². The summed E-state index contributed by atoms with van der Waals surface area (Å²) in [4.78, 5) is 9.76. The normalized spacial score (nSPS) is 11.8. The second-order valence-electron chi connectivity index (χ2n) is 1.13. The van der Waals surface area contributed by atoms with Gasteiger partial charge in [-0.1, -0.05) is 0 Å². The second kappa shape index (κ2) is 5.68. The maximum Gasteiger partial charge on any atom is 0.321 e. The molecule has 5 heteroatoms. The van der Waals surface area contributed by atoms with E-state index in [9.17, 15) is 4.79 Å². The van der Waals surface area contributed by atoms with Crippen LogP contribution in [0.4, 0.5) is 0 Å². The number of hydrogen-bond donors (Lipinski definition) is 3. The number of carboxylic acids is 1. The molecule has 0 bridgehead atoms. The van der Waals surface area contributed by atoms with Gasteiger partial charge in [0.2, 0.25) is 0 Å². The van der Waals surface area contributed by atoms with E-state index in [4.69, 9.17) is 10.8 Å². The van der Waals surface area contributed by atoms with E-state index < -0.39 is 12.0 Å². The van der Waals surface area contributed by atoms with Crippen molar-refractivity contribution in [1.82, 2.24) is 0 Å². The molecule has 0 aromatic rings. The first-order chi connectivity index (χ1) is 3.18. The van der Waals surface area contributed by atoms with Gasteiger partial charge in [-0.15, -0.1) is 0 Å². The molecular formula is C3H9MgNO2S. The average Bonchev–Trinajstić information content (AvgIpc) is 1.65. The average molecular weight is 147 g/mol. The summed E-state index contributed by atoms with van der Waals surface area (Å²) in [6.07, 6.45) is 0. The van der Waals surface area contributed by atoms with Crippen LogP contribution >= 0.6 is 12.6 Å². The quantitative estimate of drug-likeness (QED) is 0.326. The van der Waals surface area contributed by atoms with Crippen LogP contribution < -0.4 is 5.73 Å². The lowest BCUT2D eigenvalue weighted by Crippen LogP contribution is -2.31. The van der Waals surface area contributed by atoms with Crippen molar-refractivity contribution in [2.75, 3.05) is 5.75 Å². The molecule has 0 aliphatic carbocycles. The van der Waals surface area contributed by atoms with Gasteiger partial charge in [0.15, 0.2) is 0 Å². The Balaban J connectivity index is 0. The highest BCUT2D eigenvalue weighted by Crippen LogP contribution is 1.80. The van der Waals surface area contributed by atoms with Crippen molar-refractivity contribution >= 4 is 41.7 Å². The van der Waals surface area contributed by atoms with Gasteiger partial charge in [0.25, 0.3) is 0 Å². The molecule has 3 nitrogen and oxygen atoms in total. The summed E-state index contributed by atoms with van der Waals surface area (Å²) < 4.78 is 0. The third-order valence-corrected chi connectivity index (χ3v) is 0.907. The fourth-order valence-corrected chi connectivity index (χ4v) is 0.234. The zero-order valence-corrected chi connectivity index (χ0v) is 4.56. The van der Waals surface area contributed by atoms with Gasteiger partial charge in [-0.05, 0) is 0 Å². The van der Waals surface area contributed by atoms with Crippen molar-refractivity contribution in [2.24, 2.45) is 5.73 Å². The van der Waals surface area contributed by atoms with Crippen molar-refractivity contribution in [3.8, 4) is 0 Å². The minimum atomic E-state index is -1.00. The van der Waals surface area contributed by atoms with E-state index in [1.165, 1.54) is 0 Å². The highest BCUT2D eigenvalue weighted by Gasteiger charge is 2.06. The van der Waals surface area contributed by atoms with Crippen molar-refractivity contribution in [3.63, 3.8) is 0 Å².